The molecule has 1 aromatic rings. The number of rotatable bonds is 4. The van der Waals surface area contributed by atoms with Crippen LogP contribution in [0, 0.1) is 0 Å². The topological polar surface area (TPSA) is 46.3 Å². The monoisotopic (exact) mass is 334 g/mol. The van der Waals surface area contributed by atoms with Crippen LogP contribution in [0.3, 0.4) is 0 Å². The first kappa shape index (κ1) is 14.4. The summed E-state index contributed by atoms with van der Waals surface area (Å²) >= 11 is 14.1. The van der Waals surface area contributed by atoms with Crippen molar-refractivity contribution in [2.24, 2.45) is 5.73 Å². The van der Waals surface area contributed by atoms with Crippen LogP contribution in [0.25, 0.3) is 0 Å². The van der Waals surface area contributed by atoms with Gasteiger partial charge in [0.05, 0.1) is 15.6 Å². The van der Waals surface area contributed by atoms with Gasteiger partial charge in [0.25, 0.3) is 5.91 Å². The molecular weight excluding hydrogens is 324 g/mol. The van der Waals surface area contributed by atoms with Crippen molar-refractivity contribution in [2.45, 2.75) is 6.42 Å². The van der Waals surface area contributed by atoms with E-state index >= 15 is 0 Å². The lowest BCUT2D eigenvalue weighted by molar-refractivity contribution is 0.0799. The second-order valence-electron chi connectivity index (χ2n) is 3.57. The van der Waals surface area contributed by atoms with Gasteiger partial charge in [-0.15, -0.1) is 0 Å². The maximum absolute atomic E-state index is 12.1. The Balaban J connectivity index is 2.81. The molecule has 0 bridgehead atoms. The van der Waals surface area contributed by atoms with E-state index in [1.54, 1.807) is 30.1 Å². The molecule has 1 rings (SSSR count). The van der Waals surface area contributed by atoms with Gasteiger partial charge in [0.2, 0.25) is 0 Å². The first-order valence-electron chi connectivity index (χ1n) is 4.90. The smallest absolute Gasteiger partial charge is 0.255 e. The molecule has 0 unspecified atom stereocenters. The van der Waals surface area contributed by atoms with Gasteiger partial charge >= 0.3 is 0 Å². The van der Waals surface area contributed by atoms with Gasteiger partial charge in [0.15, 0.2) is 0 Å². The molecule has 0 fully saturated rings. The lowest BCUT2D eigenvalue weighted by Gasteiger charge is -2.17. The minimum atomic E-state index is -0.146. The molecule has 0 saturated carbocycles. The first-order chi connectivity index (χ1) is 7.91. The molecule has 0 atom stereocenters. The largest absolute Gasteiger partial charge is 0.393 e. The zero-order valence-corrected chi connectivity index (χ0v) is 12.4. The Labute approximate surface area is 119 Å². The molecule has 0 heterocycles. The van der Waals surface area contributed by atoms with E-state index in [0.29, 0.717) is 28.5 Å². The lowest BCUT2D eigenvalue weighted by atomic mass is 10.2. The number of carbonyl (C=O) groups excluding carboxylic acids is 1. The van der Waals surface area contributed by atoms with Crippen molar-refractivity contribution < 1.29 is 4.79 Å². The highest BCUT2D eigenvalue weighted by molar-refractivity contribution is 9.10. The molecule has 6 heteroatoms. The van der Waals surface area contributed by atoms with Crippen LogP contribution in [0.2, 0.25) is 5.02 Å². The van der Waals surface area contributed by atoms with Crippen molar-refractivity contribution >= 4 is 50.6 Å². The van der Waals surface area contributed by atoms with Gasteiger partial charge in [-0.1, -0.05) is 39.7 Å². The summed E-state index contributed by atoms with van der Waals surface area (Å²) in [6.07, 6.45) is 0.503. The molecule has 2 N–H and O–H groups in total. The molecule has 0 aliphatic rings. The third kappa shape index (κ3) is 4.26. The molecule has 17 heavy (non-hydrogen) atoms. The standard InChI is InChI=1S/C11H12BrClN2OS/c1-15(5-4-10(14)17)11(16)8-6-7(12)2-3-9(8)13/h2-3,6H,4-5H2,1H3,(H2,14,17). The predicted molar refractivity (Wildman–Crippen MR) is 77.5 cm³/mol. The van der Waals surface area contributed by atoms with Crippen molar-refractivity contribution in [3.63, 3.8) is 0 Å². The van der Waals surface area contributed by atoms with Crippen molar-refractivity contribution in [1.82, 2.24) is 4.90 Å². The first-order valence-corrected chi connectivity index (χ1v) is 6.48. The van der Waals surface area contributed by atoms with Crippen LogP contribution in [0.4, 0.5) is 0 Å². The van der Waals surface area contributed by atoms with Crippen LogP contribution in [0.15, 0.2) is 22.7 Å². The molecular formula is C11H12BrClN2OS. The fourth-order valence-electron chi connectivity index (χ4n) is 1.25. The van der Waals surface area contributed by atoms with E-state index in [-0.39, 0.29) is 5.91 Å². The third-order valence-corrected chi connectivity index (χ3v) is 3.23. The van der Waals surface area contributed by atoms with Crippen LogP contribution in [-0.2, 0) is 0 Å². The predicted octanol–water partition coefficient (Wildman–Crippen LogP) is 2.85. The summed E-state index contributed by atoms with van der Waals surface area (Å²) in [4.78, 5) is 14.0. The van der Waals surface area contributed by atoms with Gasteiger partial charge < -0.3 is 10.6 Å². The average Bonchev–Trinajstić information content (AvgIpc) is 2.28. The second kappa shape index (κ2) is 6.33. The highest BCUT2D eigenvalue weighted by atomic mass is 79.9. The molecule has 0 aliphatic heterocycles. The van der Waals surface area contributed by atoms with Crippen LogP contribution < -0.4 is 5.73 Å². The minimum absolute atomic E-state index is 0.146. The number of amides is 1. The van der Waals surface area contributed by atoms with E-state index in [1.165, 1.54) is 0 Å². The van der Waals surface area contributed by atoms with Gasteiger partial charge in [-0.25, -0.2) is 0 Å². The summed E-state index contributed by atoms with van der Waals surface area (Å²) in [5.41, 5.74) is 5.86. The number of benzene rings is 1. The van der Waals surface area contributed by atoms with Crippen molar-refractivity contribution in [3.05, 3.63) is 33.3 Å². The van der Waals surface area contributed by atoms with Gasteiger partial charge in [-0.2, -0.15) is 0 Å². The fourth-order valence-corrected chi connectivity index (χ4v) is 1.90. The maximum Gasteiger partial charge on any atom is 0.255 e. The van der Waals surface area contributed by atoms with Crippen molar-refractivity contribution in [3.8, 4) is 0 Å². The van der Waals surface area contributed by atoms with E-state index in [2.05, 4.69) is 15.9 Å². The van der Waals surface area contributed by atoms with Crippen LogP contribution >= 0.6 is 39.7 Å². The summed E-state index contributed by atoms with van der Waals surface area (Å²) < 4.78 is 0.813. The second-order valence-corrected chi connectivity index (χ2v) is 5.41. The van der Waals surface area contributed by atoms with E-state index in [9.17, 15) is 4.79 Å². The molecule has 0 aromatic heterocycles. The minimum Gasteiger partial charge on any atom is -0.393 e. The van der Waals surface area contributed by atoms with Crippen molar-refractivity contribution in [1.29, 1.82) is 0 Å². The molecule has 1 aromatic carbocycles. The highest BCUT2D eigenvalue weighted by Crippen LogP contribution is 2.22. The number of nitrogens with two attached hydrogens (primary N) is 1. The Kier molecular flexibility index (Phi) is 5.36. The Morgan fingerprint density at radius 2 is 2.24 bits per heavy atom. The van der Waals surface area contributed by atoms with Gasteiger partial charge in [0.1, 0.15) is 0 Å². The van der Waals surface area contributed by atoms with E-state index < -0.39 is 0 Å². The van der Waals surface area contributed by atoms with Gasteiger partial charge in [-0.05, 0) is 18.2 Å². The number of hydrogen-bond donors (Lipinski definition) is 1. The number of hydrogen-bond acceptors (Lipinski definition) is 2. The normalized spacial score (nSPS) is 10.1. The van der Waals surface area contributed by atoms with E-state index in [1.807, 2.05) is 0 Å². The Hall–Kier alpha value is -0.650. The van der Waals surface area contributed by atoms with Crippen molar-refractivity contribution in [2.75, 3.05) is 13.6 Å². The van der Waals surface area contributed by atoms with Crippen LogP contribution in [0.5, 0.6) is 0 Å². The Morgan fingerprint density at radius 1 is 1.59 bits per heavy atom. The summed E-state index contributed by atoms with van der Waals surface area (Å²) in [5, 5.41) is 0.431. The SMILES string of the molecule is CN(CCC(N)=S)C(=O)c1cc(Br)ccc1Cl. The average molecular weight is 336 g/mol. The summed E-state index contributed by atoms with van der Waals surface area (Å²) in [6.45, 7) is 0.483. The van der Waals surface area contributed by atoms with E-state index in [4.69, 9.17) is 29.6 Å². The van der Waals surface area contributed by atoms with E-state index in [0.717, 1.165) is 4.47 Å². The molecule has 1 amide bonds. The molecule has 0 saturated heterocycles. The lowest BCUT2D eigenvalue weighted by Crippen LogP contribution is -2.30. The summed E-state index contributed by atoms with van der Waals surface area (Å²) in [7, 11) is 1.69. The molecule has 92 valence electrons. The molecule has 0 radical (unpaired) electrons. The third-order valence-electron chi connectivity index (χ3n) is 2.20. The molecule has 3 nitrogen and oxygen atoms in total. The molecule has 0 spiro atoms. The Bertz CT molecular complexity index is 453. The molecule has 0 aliphatic carbocycles. The zero-order chi connectivity index (χ0) is 13.0. The fraction of sp³-hybridized carbons (Fsp3) is 0.273. The quantitative estimate of drug-likeness (QED) is 0.861. The summed E-state index contributed by atoms with van der Waals surface area (Å²) in [5.74, 6) is -0.146. The van der Waals surface area contributed by atoms with Crippen LogP contribution in [0.1, 0.15) is 16.8 Å². The zero-order valence-electron chi connectivity index (χ0n) is 9.24. The van der Waals surface area contributed by atoms with Crippen LogP contribution in [-0.4, -0.2) is 29.4 Å². The number of halogens is 2. The van der Waals surface area contributed by atoms with Gasteiger partial charge in [-0.3, -0.25) is 4.79 Å². The number of nitrogens with zero attached hydrogens (tertiary/aromatic N) is 1. The number of thiocarbonyl (C=S) groups is 1. The number of carbonyl (C=O) groups is 1. The summed E-state index contributed by atoms with van der Waals surface area (Å²) in [6, 6.07) is 5.16. The highest BCUT2D eigenvalue weighted by Gasteiger charge is 2.15. The van der Waals surface area contributed by atoms with Gasteiger partial charge in [0, 0.05) is 24.5 Å². The maximum atomic E-state index is 12.1. The Morgan fingerprint density at radius 3 is 2.82 bits per heavy atom.